The molecule has 0 amide bonds. The molecule has 1 aliphatic heterocycles. The van der Waals surface area contributed by atoms with Crippen LogP contribution in [0.4, 0.5) is 0 Å². The lowest BCUT2D eigenvalue weighted by molar-refractivity contribution is 0.143. The fourth-order valence-electron chi connectivity index (χ4n) is 7.98. The third-order valence-electron chi connectivity index (χ3n) is 11.4. The first-order valence-electron chi connectivity index (χ1n) is 21.5. The molecule has 1 aromatic carbocycles. The summed E-state index contributed by atoms with van der Waals surface area (Å²) in [6.07, 6.45) is 12.0. The Morgan fingerprint density at radius 1 is 0.600 bits per heavy atom. The van der Waals surface area contributed by atoms with E-state index < -0.39 is 0 Å². The quantitative estimate of drug-likeness (QED) is 0.123. The summed E-state index contributed by atoms with van der Waals surface area (Å²) < 4.78 is 14.5. The molecule has 312 valence electrons. The standard InChI is InChI=1S/C49H82N2O2S2/c1-33(22-24-46(6,7)8)18-20-38(36(4)27-48(12,13)14)31-52-41-26-35(3)42(44-43(41)54-45(55-44)40(29-50)30-51)53-32-39(37(5)28-49(15,16)17)21-19-34(2)23-25-47(9,10)11/h26,33-34,36-39H,18-25,27-28,31-32H2,1-17H3. The number of aryl methyl sites for hydroxylation is 1. The van der Waals surface area contributed by atoms with Crippen LogP contribution in [0.2, 0.25) is 0 Å². The van der Waals surface area contributed by atoms with E-state index in [0.717, 1.165) is 56.8 Å². The smallest absolute Gasteiger partial charge is 0.150 e. The van der Waals surface area contributed by atoms with Gasteiger partial charge in [0.25, 0.3) is 0 Å². The molecule has 0 aliphatic carbocycles. The first-order valence-corrected chi connectivity index (χ1v) is 23.2. The highest BCUT2D eigenvalue weighted by atomic mass is 32.2. The maximum Gasteiger partial charge on any atom is 0.150 e. The molecule has 1 aliphatic rings. The van der Waals surface area contributed by atoms with Gasteiger partial charge in [0.15, 0.2) is 0 Å². The molecule has 0 saturated heterocycles. The molecule has 55 heavy (non-hydrogen) atoms. The van der Waals surface area contributed by atoms with E-state index >= 15 is 0 Å². The van der Waals surface area contributed by atoms with E-state index in [0.29, 0.717) is 59.6 Å². The predicted octanol–water partition coefficient (Wildman–Crippen LogP) is 16.1. The van der Waals surface area contributed by atoms with Gasteiger partial charge in [-0.25, -0.2) is 0 Å². The molecule has 6 unspecified atom stereocenters. The summed E-state index contributed by atoms with van der Waals surface area (Å²) in [4.78, 5) is 1.98. The van der Waals surface area contributed by atoms with Crippen molar-refractivity contribution < 1.29 is 9.47 Å². The van der Waals surface area contributed by atoms with Crippen molar-refractivity contribution >= 4 is 23.5 Å². The second-order valence-corrected chi connectivity index (χ2v) is 24.8. The molecule has 0 radical (unpaired) electrons. The Bertz CT molecular complexity index is 1460. The number of nitriles is 2. The number of fused-ring (bicyclic) bond motifs is 1. The SMILES string of the molecule is Cc1cc(OCC(CCC(C)CCC(C)(C)C)C(C)CC(C)(C)C)c2c(c1OCC(CCC(C)CCC(C)(C)C)C(C)CC(C)(C)C)SC(=C(C#N)C#N)S2. The van der Waals surface area contributed by atoms with E-state index in [1.165, 1.54) is 62.0 Å². The maximum absolute atomic E-state index is 9.87. The van der Waals surface area contributed by atoms with Crippen molar-refractivity contribution in [3.05, 3.63) is 21.4 Å². The van der Waals surface area contributed by atoms with Crippen LogP contribution in [0, 0.1) is 86.8 Å². The highest BCUT2D eigenvalue weighted by Gasteiger charge is 2.33. The van der Waals surface area contributed by atoms with Gasteiger partial charge in [-0.3, -0.25) is 0 Å². The fraction of sp³-hybridized carbons (Fsp3) is 0.796. The molecule has 2 rings (SSSR count). The number of allylic oxidation sites excluding steroid dienone is 1. The number of rotatable bonds is 20. The monoisotopic (exact) mass is 795 g/mol. The van der Waals surface area contributed by atoms with Crippen LogP contribution in [0.15, 0.2) is 25.7 Å². The molecule has 0 N–H and O–H groups in total. The summed E-state index contributed by atoms with van der Waals surface area (Å²) >= 11 is 3.01. The first kappa shape index (κ1) is 49.4. The Labute approximate surface area is 349 Å². The largest absolute Gasteiger partial charge is 0.492 e. The molecule has 0 spiro atoms. The summed E-state index contributed by atoms with van der Waals surface area (Å²) in [6, 6.07) is 6.44. The van der Waals surface area contributed by atoms with Crippen molar-refractivity contribution in [1.82, 2.24) is 0 Å². The summed E-state index contributed by atoms with van der Waals surface area (Å²) in [7, 11) is 0. The molecule has 1 aromatic rings. The second-order valence-electron chi connectivity index (χ2n) is 22.5. The third kappa shape index (κ3) is 18.6. The molecule has 0 aromatic heterocycles. The van der Waals surface area contributed by atoms with Gasteiger partial charge in [-0.2, -0.15) is 10.5 Å². The highest BCUT2D eigenvalue weighted by molar-refractivity contribution is 8.24. The van der Waals surface area contributed by atoms with Gasteiger partial charge in [0, 0.05) is 0 Å². The Kier molecular flexibility index (Phi) is 19.1. The Morgan fingerprint density at radius 2 is 1.02 bits per heavy atom. The lowest BCUT2D eigenvalue weighted by Crippen LogP contribution is -2.25. The highest BCUT2D eigenvalue weighted by Crippen LogP contribution is 2.60. The topological polar surface area (TPSA) is 66.0 Å². The Balaban J connectivity index is 2.42. The lowest BCUT2D eigenvalue weighted by Gasteiger charge is -2.31. The van der Waals surface area contributed by atoms with Crippen LogP contribution in [0.1, 0.15) is 181 Å². The van der Waals surface area contributed by atoms with E-state index in [1.807, 2.05) is 0 Å². The minimum atomic E-state index is 0.155. The van der Waals surface area contributed by atoms with E-state index in [2.05, 4.69) is 136 Å². The van der Waals surface area contributed by atoms with E-state index in [1.54, 1.807) is 0 Å². The van der Waals surface area contributed by atoms with Crippen LogP contribution < -0.4 is 9.47 Å². The molecule has 6 atom stereocenters. The number of hydrogen-bond donors (Lipinski definition) is 0. The number of ether oxygens (including phenoxy) is 2. The van der Waals surface area contributed by atoms with Crippen LogP contribution >= 0.6 is 23.5 Å². The molecular formula is C49H82N2O2S2. The van der Waals surface area contributed by atoms with Gasteiger partial charge < -0.3 is 9.47 Å². The van der Waals surface area contributed by atoms with Crippen molar-refractivity contribution in [1.29, 1.82) is 10.5 Å². The first-order chi connectivity index (χ1) is 25.2. The van der Waals surface area contributed by atoms with Crippen LogP contribution in [0.25, 0.3) is 0 Å². The normalized spacial score (nSPS) is 17.0. The van der Waals surface area contributed by atoms with Gasteiger partial charge in [0.2, 0.25) is 0 Å². The van der Waals surface area contributed by atoms with Gasteiger partial charge in [-0.15, -0.1) is 0 Å². The second kappa shape index (κ2) is 21.3. The van der Waals surface area contributed by atoms with Crippen LogP contribution in [-0.2, 0) is 0 Å². The number of nitrogens with zero attached hydrogens (tertiary/aromatic N) is 2. The molecular weight excluding hydrogens is 713 g/mol. The van der Waals surface area contributed by atoms with Crippen molar-refractivity contribution in [3.8, 4) is 23.6 Å². The summed E-state index contributed by atoms with van der Waals surface area (Å²) in [5.74, 6) is 5.01. The average Bonchev–Trinajstić information content (AvgIpc) is 3.47. The third-order valence-corrected chi connectivity index (χ3v) is 14.0. The molecule has 1 heterocycles. The van der Waals surface area contributed by atoms with Crippen molar-refractivity contribution in [2.45, 2.75) is 192 Å². The van der Waals surface area contributed by atoms with E-state index in [4.69, 9.17) is 9.47 Å². The molecule has 4 nitrogen and oxygen atoms in total. The molecule has 0 fully saturated rings. The number of thioether (sulfide) groups is 2. The van der Waals surface area contributed by atoms with E-state index in [-0.39, 0.29) is 16.4 Å². The van der Waals surface area contributed by atoms with Crippen molar-refractivity contribution in [2.24, 2.45) is 57.2 Å². The van der Waals surface area contributed by atoms with Gasteiger partial charge in [-0.05, 0) is 114 Å². The van der Waals surface area contributed by atoms with Crippen molar-refractivity contribution in [3.63, 3.8) is 0 Å². The Morgan fingerprint density at radius 3 is 1.42 bits per heavy atom. The zero-order valence-corrected chi connectivity index (χ0v) is 40.2. The minimum Gasteiger partial charge on any atom is -0.492 e. The van der Waals surface area contributed by atoms with Crippen molar-refractivity contribution in [2.75, 3.05) is 13.2 Å². The maximum atomic E-state index is 9.87. The van der Waals surface area contributed by atoms with Crippen LogP contribution in [-0.4, -0.2) is 13.2 Å². The van der Waals surface area contributed by atoms with Crippen LogP contribution in [0.5, 0.6) is 11.5 Å². The summed E-state index contributed by atoms with van der Waals surface area (Å²) in [5, 5.41) is 19.7. The zero-order chi connectivity index (χ0) is 41.9. The summed E-state index contributed by atoms with van der Waals surface area (Å²) in [5.41, 5.74) is 2.42. The zero-order valence-electron chi connectivity index (χ0n) is 38.6. The molecule has 0 bridgehead atoms. The molecule has 0 saturated carbocycles. The Hall–Kier alpha value is -1.76. The molecule has 6 heteroatoms. The lowest BCUT2D eigenvalue weighted by atomic mass is 9.77. The number of benzene rings is 1. The van der Waals surface area contributed by atoms with E-state index in [9.17, 15) is 10.5 Å². The van der Waals surface area contributed by atoms with Gasteiger partial charge >= 0.3 is 0 Å². The van der Waals surface area contributed by atoms with Crippen LogP contribution in [0.3, 0.4) is 0 Å². The predicted molar refractivity (Wildman–Crippen MR) is 240 cm³/mol. The van der Waals surface area contributed by atoms with Gasteiger partial charge in [0.05, 0.1) is 27.2 Å². The number of hydrogen-bond acceptors (Lipinski definition) is 6. The van der Waals surface area contributed by atoms with Gasteiger partial charge in [0.1, 0.15) is 29.2 Å². The van der Waals surface area contributed by atoms with Gasteiger partial charge in [-0.1, -0.05) is 160 Å². The fourth-order valence-corrected chi connectivity index (χ4v) is 10.6. The minimum absolute atomic E-state index is 0.155. The summed E-state index contributed by atoms with van der Waals surface area (Å²) in [6.45, 7) is 41.2. The average molecular weight is 795 g/mol.